The zero-order valence-electron chi connectivity index (χ0n) is 15.6. The van der Waals surface area contributed by atoms with Crippen LogP contribution >= 0.6 is 0 Å². The topological polar surface area (TPSA) is 123 Å². The van der Waals surface area contributed by atoms with E-state index in [4.69, 9.17) is 18.9 Å². The number of nitro groups is 2. The summed E-state index contributed by atoms with van der Waals surface area (Å²) in [5.41, 5.74) is -0.735. The highest BCUT2D eigenvalue weighted by atomic mass is 16.6. The predicted molar refractivity (Wildman–Crippen MR) is 101 cm³/mol. The van der Waals surface area contributed by atoms with Gasteiger partial charge in [0, 0.05) is 0 Å². The quantitative estimate of drug-likeness (QED) is 0.380. The van der Waals surface area contributed by atoms with Crippen LogP contribution in [0.25, 0.3) is 12.2 Å². The van der Waals surface area contributed by atoms with Gasteiger partial charge < -0.3 is 18.9 Å². The second-order valence-electron chi connectivity index (χ2n) is 5.36. The average molecular weight is 390 g/mol. The Hall–Kier alpha value is -3.82. The Morgan fingerprint density at radius 3 is 1.71 bits per heavy atom. The van der Waals surface area contributed by atoms with Crippen LogP contribution in [0.1, 0.15) is 11.1 Å². The van der Waals surface area contributed by atoms with Gasteiger partial charge in [-0.1, -0.05) is 6.08 Å². The van der Waals surface area contributed by atoms with E-state index in [0.717, 1.165) is 0 Å². The Morgan fingerprint density at radius 2 is 1.29 bits per heavy atom. The highest BCUT2D eigenvalue weighted by Gasteiger charge is 2.32. The number of ether oxygens (including phenoxy) is 4. The van der Waals surface area contributed by atoms with Crippen molar-refractivity contribution in [3.05, 3.63) is 55.6 Å². The van der Waals surface area contributed by atoms with Gasteiger partial charge >= 0.3 is 11.4 Å². The number of rotatable bonds is 8. The van der Waals surface area contributed by atoms with E-state index in [-0.39, 0.29) is 11.3 Å². The lowest BCUT2D eigenvalue weighted by Gasteiger charge is -2.12. The summed E-state index contributed by atoms with van der Waals surface area (Å²) in [7, 11) is 5.60. The number of hydrogen-bond acceptors (Lipinski definition) is 8. The highest BCUT2D eigenvalue weighted by Crippen LogP contribution is 2.41. The molecule has 0 atom stereocenters. The Balaban J connectivity index is 2.60. The standard InChI is InChI=1S/C18H18N2O8/c1-25-13-8-7-12(16(19(21)22)17(13)20(23)24)6-5-11-9-14(26-2)18(28-4)15(10-11)27-3/h5-10H,1-4H3/b6-5+. The molecule has 28 heavy (non-hydrogen) atoms. The fourth-order valence-electron chi connectivity index (χ4n) is 2.63. The molecule has 10 heteroatoms. The van der Waals surface area contributed by atoms with E-state index in [2.05, 4.69) is 0 Å². The Labute approximate surface area is 160 Å². The van der Waals surface area contributed by atoms with Crippen LogP contribution in [0.4, 0.5) is 11.4 Å². The lowest BCUT2D eigenvalue weighted by Crippen LogP contribution is -2.01. The molecule has 0 heterocycles. The summed E-state index contributed by atoms with van der Waals surface area (Å²) < 4.78 is 20.6. The summed E-state index contributed by atoms with van der Waals surface area (Å²) in [6.45, 7) is 0. The minimum atomic E-state index is -0.840. The lowest BCUT2D eigenvalue weighted by molar-refractivity contribution is -0.423. The van der Waals surface area contributed by atoms with E-state index in [9.17, 15) is 20.2 Å². The van der Waals surface area contributed by atoms with Crippen molar-refractivity contribution in [3.63, 3.8) is 0 Å². The molecule has 0 spiro atoms. The second kappa shape index (κ2) is 8.71. The van der Waals surface area contributed by atoms with Gasteiger partial charge in [0.1, 0.15) is 0 Å². The van der Waals surface area contributed by atoms with Crippen molar-refractivity contribution in [2.45, 2.75) is 0 Å². The van der Waals surface area contributed by atoms with Crippen LogP contribution in [0.2, 0.25) is 0 Å². The zero-order valence-corrected chi connectivity index (χ0v) is 15.6. The molecule has 0 bridgehead atoms. The largest absolute Gasteiger partial charge is 0.493 e. The summed E-state index contributed by atoms with van der Waals surface area (Å²) in [6, 6.07) is 5.96. The first kappa shape index (κ1) is 20.5. The van der Waals surface area contributed by atoms with Gasteiger partial charge in [0.25, 0.3) is 0 Å². The normalized spacial score (nSPS) is 10.6. The smallest absolute Gasteiger partial charge is 0.387 e. The molecule has 2 rings (SSSR count). The number of nitro benzene ring substituents is 2. The van der Waals surface area contributed by atoms with E-state index < -0.39 is 21.2 Å². The lowest BCUT2D eigenvalue weighted by atomic mass is 10.1. The van der Waals surface area contributed by atoms with Crippen molar-refractivity contribution in [1.29, 1.82) is 0 Å². The molecule has 0 unspecified atom stereocenters. The fraction of sp³-hybridized carbons (Fsp3) is 0.222. The van der Waals surface area contributed by atoms with Crippen LogP contribution < -0.4 is 18.9 Å². The monoisotopic (exact) mass is 390 g/mol. The number of methoxy groups -OCH3 is 4. The molecule has 0 saturated heterocycles. The van der Waals surface area contributed by atoms with Gasteiger partial charge in [-0.15, -0.1) is 0 Å². The summed E-state index contributed by atoms with van der Waals surface area (Å²) in [5, 5.41) is 22.8. The summed E-state index contributed by atoms with van der Waals surface area (Å²) in [4.78, 5) is 21.1. The van der Waals surface area contributed by atoms with Gasteiger partial charge in [-0.3, -0.25) is 20.2 Å². The average Bonchev–Trinajstić information content (AvgIpc) is 2.69. The first-order valence-electron chi connectivity index (χ1n) is 7.85. The van der Waals surface area contributed by atoms with Crippen molar-refractivity contribution >= 4 is 23.5 Å². The van der Waals surface area contributed by atoms with E-state index in [0.29, 0.717) is 22.8 Å². The van der Waals surface area contributed by atoms with Crippen LogP contribution in [0, 0.1) is 20.2 Å². The number of hydrogen-bond donors (Lipinski definition) is 0. The van der Waals surface area contributed by atoms with E-state index in [1.807, 2.05) is 0 Å². The van der Waals surface area contributed by atoms with Crippen LogP contribution in [0.3, 0.4) is 0 Å². The van der Waals surface area contributed by atoms with Gasteiger partial charge in [-0.05, 0) is 35.9 Å². The third-order valence-corrected chi connectivity index (χ3v) is 3.87. The van der Waals surface area contributed by atoms with Gasteiger partial charge in [0.2, 0.25) is 11.5 Å². The zero-order chi connectivity index (χ0) is 20.8. The highest BCUT2D eigenvalue weighted by molar-refractivity contribution is 5.81. The summed E-state index contributed by atoms with van der Waals surface area (Å²) in [6.07, 6.45) is 2.94. The molecule has 0 aliphatic heterocycles. The first-order chi connectivity index (χ1) is 13.4. The van der Waals surface area contributed by atoms with E-state index in [1.165, 1.54) is 46.6 Å². The van der Waals surface area contributed by atoms with E-state index in [1.54, 1.807) is 18.2 Å². The minimum absolute atomic E-state index is 0.0475. The van der Waals surface area contributed by atoms with Crippen LogP contribution in [0.5, 0.6) is 23.0 Å². The second-order valence-corrected chi connectivity index (χ2v) is 5.36. The van der Waals surface area contributed by atoms with Crippen molar-refractivity contribution in [1.82, 2.24) is 0 Å². The Bertz CT molecular complexity index is 914. The van der Waals surface area contributed by atoms with E-state index >= 15 is 0 Å². The molecule has 148 valence electrons. The molecule has 0 N–H and O–H groups in total. The maximum absolute atomic E-state index is 11.5. The molecule has 0 aromatic heterocycles. The Kier molecular flexibility index (Phi) is 6.38. The fourth-order valence-corrected chi connectivity index (χ4v) is 2.63. The van der Waals surface area contributed by atoms with Crippen molar-refractivity contribution < 1.29 is 28.8 Å². The van der Waals surface area contributed by atoms with Crippen LogP contribution in [0.15, 0.2) is 24.3 Å². The van der Waals surface area contributed by atoms with Crippen molar-refractivity contribution in [2.75, 3.05) is 28.4 Å². The molecule has 0 aliphatic carbocycles. The van der Waals surface area contributed by atoms with Crippen LogP contribution in [-0.4, -0.2) is 38.3 Å². The molecule has 0 aliphatic rings. The third kappa shape index (κ3) is 3.95. The predicted octanol–water partition coefficient (Wildman–Crippen LogP) is 3.71. The number of benzene rings is 2. The minimum Gasteiger partial charge on any atom is -0.493 e. The first-order valence-corrected chi connectivity index (χ1v) is 7.85. The molecule has 2 aromatic carbocycles. The molecular formula is C18H18N2O8. The Morgan fingerprint density at radius 1 is 0.750 bits per heavy atom. The van der Waals surface area contributed by atoms with Crippen molar-refractivity contribution in [2.24, 2.45) is 0 Å². The van der Waals surface area contributed by atoms with Gasteiger partial charge in [-0.2, -0.15) is 0 Å². The maximum Gasteiger partial charge on any atom is 0.387 e. The van der Waals surface area contributed by atoms with Gasteiger partial charge in [-0.25, -0.2) is 0 Å². The summed E-state index contributed by atoms with van der Waals surface area (Å²) in [5.74, 6) is 1.00. The van der Waals surface area contributed by atoms with Crippen molar-refractivity contribution in [3.8, 4) is 23.0 Å². The molecule has 0 radical (unpaired) electrons. The SMILES string of the molecule is COc1cc(/C=C/c2ccc(OC)c([N+](=O)[O-])c2[N+](=O)[O-])cc(OC)c1OC. The molecule has 10 nitrogen and oxygen atoms in total. The summed E-state index contributed by atoms with van der Waals surface area (Å²) >= 11 is 0. The molecule has 2 aromatic rings. The third-order valence-electron chi connectivity index (χ3n) is 3.87. The van der Waals surface area contributed by atoms with Gasteiger partial charge in [0.05, 0.1) is 43.8 Å². The molecule has 0 saturated carbocycles. The molecular weight excluding hydrogens is 372 g/mol. The maximum atomic E-state index is 11.5. The molecule has 0 amide bonds. The van der Waals surface area contributed by atoms with Crippen LogP contribution in [-0.2, 0) is 0 Å². The number of nitrogens with zero attached hydrogens (tertiary/aromatic N) is 2. The molecule has 0 fully saturated rings. The van der Waals surface area contributed by atoms with Gasteiger partial charge in [0.15, 0.2) is 11.5 Å².